The van der Waals surface area contributed by atoms with Crippen molar-refractivity contribution in [2.75, 3.05) is 33.3 Å². The van der Waals surface area contributed by atoms with Crippen molar-refractivity contribution in [2.45, 2.75) is 6.42 Å². The molecule has 1 aromatic carbocycles. The summed E-state index contributed by atoms with van der Waals surface area (Å²) in [6, 6.07) is 6.27. The second kappa shape index (κ2) is 6.52. The number of hydrogen-bond donors (Lipinski definition) is 1. The Labute approximate surface area is 112 Å². The molecule has 19 heavy (non-hydrogen) atoms. The van der Waals surface area contributed by atoms with Gasteiger partial charge in [0.05, 0.1) is 12.5 Å². The smallest absolute Gasteiger partial charge is 0.226 e. The van der Waals surface area contributed by atoms with E-state index < -0.39 is 0 Å². The molecular formula is C14H19FN2O2. The fourth-order valence-corrected chi connectivity index (χ4v) is 2.14. The number of rotatable bonds is 5. The molecule has 2 rings (SSSR count). The Morgan fingerprint density at radius 3 is 3.00 bits per heavy atom. The summed E-state index contributed by atoms with van der Waals surface area (Å²) in [4.78, 5) is 13.7. The monoisotopic (exact) mass is 266 g/mol. The second-order valence-corrected chi connectivity index (χ2v) is 4.73. The molecule has 1 saturated heterocycles. The molecular weight excluding hydrogens is 247 g/mol. The van der Waals surface area contributed by atoms with Crippen molar-refractivity contribution < 1.29 is 13.9 Å². The largest absolute Gasteiger partial charge is 0.489 e. The zero-order valence-corrected chi connectivity index (χ0v) is 11.1. The standard InChI is InChI=1S/C14H19FN2O2/c1-17(14(18)11-6-7-16-10-11)8-9-19-13-5-3-2-4-12(13)15/h2-5,11,16H,6-10H2,1H3. The quantitative estimate of drug-likeness (QED) is 0.872. The summed E-state index contributed by atoms with van der Waals surface area (Å²) in [5, 5.41) is 3.17. The van der Waals surface area contributed by atoms with Gasteiger partial charge in [0.2, 0.25) is 5.91 Å². The molecule has 0 aromatic heterocycles. The van der Waals surface area contributed by atoms with E-state index in [2.05, 4.69) is 5.32 Å². The van der Waals surface area contributed by atoms with Gasteiger partial charge in [-0.1, -0.05) is 12.1 Å². The third-order valence-corrected chi connectivity index (χ3v) is 3.31. The number of nitrogens with zero attached hydrogens (tertiary/aromatic N) is 1. The molecule has 1 amide bonds. The van der Waals surface area contributed by atoms with Gasteiger partial charge in [-0.3, -0.25) is 4.79 Å². The van der Waals surface area contributed by atoms with E-state index in [0.29, 0.717) is 13.2 Å². The predicted octanol–water partition coefficient (Wildman–Crippen LogP) is 1.27. The lowest BCUT2D eigenvalue weighted by Gasteiger charge is -2.20. The van der Waals surface area contributed by atoms with Gasteiger partial charge >= 0.3 is 0 Å². The molecule has 0 saturated carbocycles. The number of carbonyl (C=O) groups excluding carboxylic acids is 1. The van der Waals surface area contributed by atoms with Crippen molar-refractivity contribution in [1.82, 2.24) is 10.2 Å². The number of likely N-dealkylation sites (N-methyl/N-ethyl adjacent to an activating group) is 1. The van der Waals surface area contributed by atoms with E-state index in [4.69, 9.17) is 4.74 Å². The highest BCUT2D eigenvalue weighted by Gasteiger charge is 2.24. The van der Waals surface area contributed by atoms with E-state index in [1.54, 1.807) is 30.1 Å². The van der Waals surface area contributed by atoms with Gasteiger partial charge in [0.1, 0.15) is 6.61 Å². The lowest BCUT2D eigenvalue weighted by atomic mass is 10.1. The Morgan fingerprint density at radius 2 is 2.32 bits per heavy atom. The highest BCUT2D eigenvalue weighted by Crippen LogP contribution is 2.15. The van der Waals surface area contributed by atoms with E-state index in [1.165, 1.54) is 6.07 Å². The van der Waals surface area contributed by atoms with Gasteiger partial charge in [-0.05, 0) is 25.1 Å². The zero-order valence-electron chi connectivity index (χ0n) is 11.1. The molecule has 5 heteroatoms. The first-order valence-electron chi connectivity index (χ1n) is 6.51. The van der Waals surface area contributed by atoms with Crippen LogP contribution in [0.5, 0.6) is 5.75 Å². The normalized spacial score (nSPS) is 18.3. The van der Waals surface area contributed by atoms with Gasteiger partial charge in [0.25, 0.3) is 0 Å². The third-order valence-electron chi connectivity index (χ3n) is 3.31. The molecule has 1 aromatic rings. The number of amides is 1. The van der Waals surface area contributed by atoms with E-state index >= 15 is 0 Å². The van der Waals surface area contributed by atoms with E-state index in [0.717, 1.165) is 19.5 Å². The maximum Gasteiger partial charge on any atom is 0.226 e. The van der Waals surface area contributed by atoms with Crippen LogP contribution in [0, 0.1) is 11.7 Å². The van der Waals surface area contributed by atoms with Crippen LogP contribution in [-0.2, 0) is 4.79 Å². The topological polar surface area (TPSA) is 41.6 Å². The van der Waals surface area contributed by atoms with Crippen LogP contribution in [0.1, 0.15) is 6.42 Å². The molecule has 0 aliphatic carbocycles. The average Bonchev–Trinajstić information content (AvgIpc) is 2.94. The Balaban J connectivity index is 1.76. The first-order valence-corrected chi connectivity index (χ1v) is 6.51. The lowest BCUT2D eigenvalue weighted by Crippen LogP contribution is -2.36. The number of halogens is 1. The van der Waals surface area contributed by atoms with Crippen molar-refractivity contribution in [3.63, 3.8) is 0 Å². The van der Waals surface area contributed by atoms with E-state index in [9.17, 15) is 9.18 Å². The molecule has 0 spiro atoms. The number of ether oxygens (including phenoxy) is 1. The molecule has 0 radical (unpaired) electrons. The molecule has 1 unspecified atom stereocenters. The van der Waals surface area contributed by atoms with Crippen LogP contribution >= 0.6 is 0 Å². The summed E-state index contributed by atoms with van der Waals surface area (Å²) in [7, 11) is 1.76. The first-order chi connectivity index (χ1) is 9.18. The van der Waals surface area contributed by atoms with Gasteiger partial charge in [-0.15, -0.1) is 0 Å². The lowest BCUT2D eigenvalue weighted by molar-refractivity contribution is -0.133. The number of hydrogen-bond acceptors (Lipinski definition) is 3. The molecule has 1 aliphatic rings. The van der Waals surface area contributed by atoms with Gasteiger partial charge in [0, 0.05) is 13.6 Å². The Morgan fingerprint density at radius 1 is 1.53 bits per heavy atom. The number of nitrogens with one attached hydrogen (secondary N) is 1. The Hall–Kier alpha value is -1.62. The molecule has 1 fully saturated rings. The average molecular weight is 266 g/mol. The van der Waals surface area contributed by atoms with Crippen molar-refractivity contribution in [2.24, 2.45) is 5.92 Å². The Bertz CT molecular complexity index is 433. The molecule has 1 N–H and O–H groups in total. The summed E-state index contributed by atoms with van der Waals surface area (Å²) >= 11 is 0. The molecule has 4 nitrogen and oxygen atoms in total. The zero-order chi connectivity index (χ0) is 13.7. The molecule has 1 aliphatic heterocycles. The third kappa shape index (κ3) is 3.67. The summed E-state index contributed by atoms with van der Waals surface area (Å²) in [6.45, 7) is 2.40. The number of benzene rings is 1. The minimum atomic E-state index is -0.378. The Kier molecular flexibility index (Phi) is 4.74. The van der Waals surface area contributed by atoms with E-state index in [-0.39, 0.29) is 23.4 Å². The summed E-state index contributed by atoms with van der Waals surface area (Å²) in [5.74, 6) is 0.0444. The molecule has 1 heterocycles. The van der Waals surface area contributed by atoms with E-state index in [1.807, 2.05) is 0 Å². The van der Waals surface area contributed by atoms with Crippen LogP contribution in [-0.4, -0.2) is 44.1 Å². The highest BCUT2D eigenvalue weighted by molar-refractivity contribution is 5.79. The molecule has 104 valence electrons. The van der Waals surface area contributed by atoms with Crippen molar-refractivity contribution in [3.05, 3.63) is 30.1 Å². The highest BCUT2D eigenvalue weighted by atomic mass is 19.1. The fourth-order valence-electron chi connectivity index (χ4n) is 2.14. The summed E-state index contributed by atoms with van der Waals surface area (Å²) in [6.07, 6.45) is 0.886. The second-order valence-electron chi connectivity index (χ2n) is 4.73. The van der Waals surface area contributed by atoms with Crippen LogP contribution in [0.15, 0.2) is 24.3 Å². The maximum atomic E-state index is 13.3. The number of para-hydroxylation sites is 1. The minimum Gasteiger partial charge on any atom is -0.489 e. The van der Waals surface area contributed by atoms with Crippen LogP contribution < -0.4 is 10.1 Å². The van der Waals surface area contributed by atoms with Crippen LogP contribution in [0.4, 0.5) is 4.39 Å². The molecule has 0 bridgehead atoms. The predicted molar refractivity (Wildman–Crippen MR) is 70.5 cm³/mol. The fraction of sp³-hybridized carbons (Fsp3) is 0.500. The molecule has 1 atom stereocenters. The SMILES string of the molecule is CN(CCOc1ccccc1F)C(=O)C1CCNC1. The van der Waals surface area contributed by atoms with Gasteiger partial charge in [0.15, 0.2) is 11.6 Å². The van der Waals surface area contributed by atoms with Gasteiger partial charge in [-0.2, -0.15) is 0 Å². The van der Waals surface area contributed by atoms with Crippen LogP contribution in [0.3, 0.4) is 0 Å². The maximum absolute atomic E-state index is 13.3. The van der Waals surface area contributed by atoms with Crippen molar-refractivity contribution in [1.29, 1.82) is 0 Å². The minimum absolute atomic E-state index is 0.0680. The van der Waals surface area contributed by atoms with Crippen molar-refractivity contribution >= 4 is 5.91 Å². The first kappa shape index (κ1) is 13.8. The van der Waals surface area contributed by atoms with Crippen LogP contribution in [0.2, 0.25) is 0 Å². The van der Waals surface area contributed by atoms with Crippen LogP contribution in [0.25, 0.3) is 0 Å². The summed E-state index contributed by atoms with van der Waals surface area (Å²) in [5.41, 5.74) is 0. The van der Waals surface area contributed by atoms with Gasteiger partial charge < -0.3 is 15.0 Å². The summed E-state index contributed by atoms with van der Waals surface area (Å²) < 4.78 is 18.6. The number of carbonyl (C=O) groups is 1. The van der Waals surface area contributed by atoms with Crippen molar-refractivity contribution in [3.8, 4) is 5.75 Å². The van der Waals surface area contributed by atoms with Gasteiger partial charge in [-0.25, -0.2) is 4.39 Å².